The van der Waals surface area contributed by atoms with Crippen LogP contribution in [-0.2, 0) is 4.74 Å². The molecule has 0 unspecified atom stereocenters. The Morgan fingerprint density at radius 1 is 1.40 bits per heavy atom. The molecular formula is C13H20N2O4S. The zero-order chi connectivity index (χ0) is 15.0. The Bertz CT molecular complexity index is 447. The molecule has 1 rings (SSSR count). The molecule has 0 atom stereocenters. The summed E-state index contributed by atoms with van der Waals surface area (Å²) in [5.74, 6) is -0.780. The minimum absolute atomic E-state index is 0.0929. The number of carbonyl (C=O) groups is 2. The molecule has 1 aromatic rings. The van der Waals surface area contributed by atoms with Crippen molar-refractivity contribution in [1.82, 2.24) is 9.88 Å². The molecule has 0 spiro atoms. The first-order valence-electron chi connectivity index (χ1n) is 6.66. The number of thiazole rings is 1. The van der Waals surface area contributed by atoms with Gasteiger partial charge in [0.05, 0.1) is 13.2 Å². The number of unbranched alkanes of at least 4 members (excludes halogenated alkanes) is 1. The van der Waals surface area contributed by atoms with Crippen molar-refractivity contribution in [2.45, 2.75) is 26.7 Å². The van der Waals surface area contributed by atoms with Crippen molar-refractivity contribution in [2.24, 2.45) is 0 Å². The number of aliphatic hydroxyl groups excluding tert-OH is 1. The molecule has 20 heavy (non-hydrogen) atoms. The van der Waals surface area contributed by atoms with Crippen LogP contribution in [0.3, 0.4) is 0 Å². The zero-order valence-corrected chi connectivity index (χ0v) is 12.6. The average Bonchev–Trinajstić information content (AvgIpc) is 2.93. The summed E-state index contributed by atoms with van der Waals surface area (Å²) in [4.78, 5) is 29.3. The predicted molar refractivity (Wildman–Crippen MR) is 76.0 cm³/mol. The van der Waals surface area contributed by atoms with Crippen molar-refractivity contribution in [3.8, 4) is 0 Å². The zero-order valence-electron chi connectivity index (χ0n) is 11.8. The number of hydrogen-bond acceptors (Lipinski definition) is 6. The summed E-state index contributed by atoms with van der Waals surface area (Å²) in [7, 11) is 0. The number of carbonyl (C=O) groups excluding carboxylic acids is 2. The molecule has 112 valence electrons. The van der Waals surface area contributed by atoms with E-state index in [0.717, 1.165) is 24.2 Å². The number of rotatable bonds is 8. The molecule has 7 heteroatoms. The minimum atomic E-state index is -0.515. The quantitative estimate of drug-likeness (QED) is 0.737. The first-order valence-corrected chi connectivity index (χ1v) is 7.54. The van der Waals surface area contributed by atoms with Crippen LogP contribution in [0.1, 0.15) is 47.0 Å². The first-order chi connectivity index (χ1) is 9.63. The molecule has 1 N–H and O–H groups in total. The third-order valence-corrected chi connectivity index (χ3v) is 3.43. The third kappa shape index (κ3) is 4.57. The van der Waals surface area contributed by atoms with E-state index in [1.54, 1.807) is 17.2 Å². The fourth-order valence-electron chi connectivity index (χ4n) is 1.61. The lowest BCUT2D eigenvalue weighted by Crippen LogP contribution is -2.34. The van der Waals surface area contributed by atoms with Gasteiger partial charge < -0.3 is 14.7 Å². The molecule has 0 aromatic carbocycles. The van der Waals surface area contributed by atoms with E-state index < -0.39 is 5.97 Å². The monoisotopic (exact) mass is 300 g/mol. The predicted octanol–water partition coefficient (Wildman–Crippen LogP) is 1.55. The van der Waals surface area contributed by atoms with Crippen molar-refractivity contribution in [3.63, 3.8) is 0 Å². The highest BCUT2D eigenvalue weighted by Gasteiger charge is 2.20. The van der Waals surface area contributed by atoms with Crippen molar-refractivity contribution in [3.05, 3.63) is 16.1 Å². The average molecular weight is 300 g/mol. The van der Waals surface area contributed by atoms with Crippen molar-refractivity contribution in [1.29, 1.82) is 0 Å². The van der Waals surface area contributed by atoms with Crippen LogP contribution in [0.5, 0.6) is 0 Å². The molecule has 0 aliphatic heterocycles. The highest BCUT2D eigenvalue weighted by molar-refractivity contribution is 7.11. The van der Waals surface area contributed by atoms with Gasteiger partial charge in [-0.05, 0) is 13.3 Å². The second-order valence-electron chi connectivity index (χ2n) is 4.13. The fourth-order valence-corrected chi connectivity index (χ4v) is 2.29. The normalized spacial score (nSPS) is 10.3. The molecule has 0 saturated carbocycles. The SMILES string of the molecule is CCCCN(CCO)C(=O)c1csc(C(=O)OCC)n1. The van der Waals surface area contributed by atoms with E-state index in [2.05, 4.69) is 4.98 Å². The summed E-state index contributed by atoms with van der Waals surface area (Å²) in [5.41, 5.74) is 0.225. The maximum Gasteiger partial charge on any atom is 0.367 e. The number of hydrogen-bond donors (Lipinski definition) is 1. The fraction of sp³-hybridized carbons (Fsp3) is 0.615. The number of esters is 1. The van der Waals surface area contributed by atoms with Gasteiger partial charge in [0.1, 0.15) is 5.69 Å². The Morgan fingerprint density at radius 3 is 2.75 bits per heavy atom. The van der Waals surface area contributed by atoms with Crippen molar-refractivity contribution < 1.29 is 19.4 Å². The van der Waals surface area contributed by atoms with Crippen LogP contribution in [0.15, 0.2) is 5.38 Å². The second-order valence-corrected chi connectivity index (χ2v) is 4.99. The van der Waals surface area contributed by atoms with Gasteiger partial charge in [-0.2, -0.15) is 0 Å². The van der Waals surface area contributed by atoms with Crippen molar-refractivity contribution in [2.75, 3.05) is 26.3 Å². The maximum atomic E-state index is 12.2. The first kappa shape index (κ1) is 16.6. The Kier molecular flexibility index (Phi) is 7.17. The van der Waals surface area contributed by atoms with Crippen molar-refractivity contribution >= 4 is 23.2 Å². The van der Waals surface area contributed by atoms with E-state index in [0.29, 0.717) is 6.54 Å². The van der Waals surface area contributed by atoms with E-state index in [1.807, 2.05) is 6.92 Å². The molecule has 0 aliphatic carbocycles. The lowest BCUT2D eigenvalue weighted by molar-refractivity contribution is 0.0525. The van der Waals surface area contributed by atoms with Crippen LogP contribution < -0.4 is 0 Å². The summed E-state index contributed by atoms with van der Waals surface area (Å²) in [5, 5.41) is 10.7. The number of amides is 1. The van der Waals surface area contributed by atoms with Gasteiger partial charge >= 0.3 is 5.97 Å². The number of nitrogens with zero attached hydrogens (tertiary/aromatic N) is 2. The smallest absolute Gasteiger partial charge is 0.367 e. The van der Waals surface area contributed by atoms with Crippen LogP contribution in [0, 0.1) is 0 Å². The number of aliphatic hydroxyl groups is 1. The number of aromatic nitrogens is 1. The third-order valence-electron chi connectivity index (χ3n) is 2.61. The standard InChI is InChI=1S/C13H20N2O4S/c1-3-5-6-15(7-8-16)12(17)10-9-20-11(14-10)13(18)19-4-2/h9,16H,3-8H2,1-2H3. The summed E-state index contributed by atoms with van der Waals surface area (Å²) in [6.45, 7) is 4.76. The summed E-state index contributed by atoms with van der Waals surface area (Å²) < 4.78 is 4.84. The Balaban J connectivity index is 2.76. The molecule has 1 aromatic heterocycles. The van der Waals surface area contributed by atoms with E-state index in [-0.39, 0.29) is 36.4 Å². The maximum absolute atomic E-state index is 12.2. The van der Waals surface area contributed by atoms with Crippen LogP contribution in [0.4, 0.5) is 0 Å². The summed E-state index contributed by atoms with van der Waals surface area (Å²) in [6.07, 6.45) is 1.82. The van der Waals surface area contributed by atoms with Gasteiger partial charge in [-0.15, -0.1) is 11.3 Å². The Labute approximate surface area is 122 Å². The van der Waals surface area contributed by atoms with Gasteiger partial charge in [0.15, 0.2) is 0 Å². The Morgan fingerprint density at radius 2 is 2.15 bits per heavy atom. The van der Waals surface area contributed by atoms with Crippen LogP contribution in [0.25, 0.3) is 0 Å². The van der Waals surface area contributed by atoms with Gasteiger partial charge in [-0.1, -0.05) is 13.3 Å². The summed E-state index contributed by atoms with van der Waals surface area (Å²) in [6, 6.07) is 0. The molecular weight excluding hydrogens is 280 g/mol. The number of ether oxygens (including phenoxy) is 1. The lowest BCUT2D eigenvalue weighted by Gasteiger charge is -2.20. The van der Waals surface area contributed by atoms with Gasteiger partial charge in [0.25, 0.3) is 5.91 Å². The molecule has 0 bridgehead atoms. The molecule has 0 fully saturated rings. The van der Waals surface area contributed by atoms with Gasteiger partial charge in [0, 0.05) is 18.5 Å². The molecule has 0 radical (unpaired) electrons. The topological polar surface area (TPSA) is 79.7 Å². The minimum Gasteiger partial charge on any atom is -0.461 e. The molecule has 6 nitrogen and oxygen atoms in total. The van der Waals surface area contributed by atoms with Gasteiger partial charge in [0.2, 0.25) is 5.01 Å². The van der Waals surface area contributed by atoms with Gasteiger partial charge in [-0.25, -0.2) is 9.78 Å². The lowest BCUT2D eigenvalue weighted by atomic mass is 10.3. The second kappa shape index (κ2) is 8.65. The van der Waals surface area contributed by atoms with Crippen LogP contribution >= 0.6 is 11.3 Å². The van der Waals surface area contributed by atoms with E-state index in [9.17, 15) is 9.59 Å². The molecule has 0 saturated heterocycles. The van der Waals surface area contributed by atoms with Gasteiger partial charge in [-0.3, -0.25) is 4.79 Å². The van der Waals surface area contributed by atoms with E-state index in [4.69, 9.17) is 9.84 Å². The van der Waals surface area contributed by atoms with Crippen LogP contribution in [0.2, 0.25) is 0 Å². The molecule has 0 aliphatic rings. The van der Waals surface area contributed by atoms with E-state index in [1.165, 1.54) is 0 Å². The molecule has 1 amide bonds. The Hall–Kier alpha value is -1.47. The largest absolute Gasteiger partial charge is 0.461 e. The van der Waals surface area contributed by atoms with Crippen LogP contribution in [-0.4, -0.2) is 53.2 Å². The highest BCUT2D eigenvalue weighted by Crippen LogP contribution is 2.13. The van der Waals surface area contributed by atoms with E-state index >= 15 is 0 Å². The summed E-state index contributed by atoms with van der Waals surface area (Å²) >= 11 is 1.09. The molecule has 1 heterocycles. The highest BCUT2D eigenvalue weighted by atomic mass is 32.1.